The highest BCUT2D eigenvalue weighted by Gasteiger charge is 1.98. The predicted octanol–water partition coefficient (Wildman–Crippen LogP) is 1.64. The fourth-order valence-electron chi connectivity index (χ4n) is 1.27. The topological polar surface area (TPSA) is 92.9 Å². The van der Waals surface area contributed by atoms with Crippen molar-refractivity contribution in [2.45, 2.75) is 6.54 Å². The van der Waals surface area contributed by atoms with Gasteiger partial charge in [0.15, 0.2) is 0 Å². The molecule has 0 spiro atoms. The second-order valence-corrected chi connectivity index (χ2v) is 3.93. The molecule has 0 atom stereocenters. The molecule has 1 aromatic carbocycles. The number of hydrogen-bond donors (Lipinski definition) is 3. The van der Waals surface area contributed by atoms with Crippen molar-refractivity contribution in [2.24, 2.45) is 5.73 Å². The molecule has 0 radical (unpaired) electrons. The van der Waals surface area contributed by atoms with Crippen LogP contribution in [0.15, 0.2) is 29.6 Å². The van der Waals surface area contributed by atoms with E-state index in [0.29, 0.717) is 12.2 Å². The smallest absolute Gasteiger partial charge is 0.316 e. The van der Waals surface area contributed by atoms with Crippen LogP contribution >= 0.6 is 11.5 Å². The standard InChI is InChI=1S/C10H11N5OS/c11-10(16)13-8-3-1-7(2-4-8)12-5-9-6-17-15-14-9/h1-4,6,12H,5H2,(H3,11,13,16). The largest absolute Gasteiger partial charge is 0.379 e. The summed E-state index contributed by atoms with van der Waals surface area (Å²) in [5, 5.41) is 11.5. The predicted molar refractivity (Wildman–Crippen MR) is 66.9 cm³/mol. The van der Waals surface area contributed by atoms with Crippen molar-refractivity contribution in [3.8, 4) is 0 Å². The molecule has 0 aliphatic carbocycles. The highest BCUT2D eigenvalue weighted by atomic mass is 32.1. The molecule has 0 bridgehead atoms. The monoisotopic (exact) mass is 249 g/mol. The Bertz CT molecular complexity index is 482. The van der Waals surface area contributed by atoms with E-state index in [4.69, 9.17) is 5.73 Å². The summed E-state index contributed by atoms with van der Waals surface area (Å²) < 4.78 is 3.77. The lowest BCUT2D eigenvalue weighted by atomic mass is 10.3. The van der Waals surface area contributed by atoms with Gasteiger partial charge >= 0.3 is 6.03 Å². The Morgan fingerprint density at radius 2 is 2.00 bits per heavy atom. The summed E-state index contributed by atoms with van der Waals surface area (Å²) in [5.74, 6) is 0. The zero-order valence-corrected chi connectivity index (χ0v) is 9.70. The first-order valence-electron chi connectivity index (χ1n) is 4.90. The summed E-state index contributed by atoms with van der Waals surface area (Å²) in [5.41, 5.74) is 7.51. The van der Waals surface area contributed by atoms with Crippen molar-refractivity contribution in [1.82, 2.24) is 9.59 Å². The molecule has 0 aliphatic rings. The van der Waals surface area contributed by atoms with Crippen LogP contribution in [0.5, 0.6) is 0 Å². The molecule has 17 heavy (non-hydrogen) atoms. The number of nitrogens with zero attached hydrogens (tertiary/aromatic N) is 2. The number of primary amides is 1. The van der Waals surface area contributed by atoms with Crippen LogP contribution in [0.1, 0.15) is 5.69 Å². The van der Waals surface area contributed by atoms with E-state index < -0.39 is 6.03 Å². The molecule has 2 aromatic rings. The van der Waals surface area contributed by atoms with E-state index in [-0.39, 0.29) is 0 Å². The Kier molecular flexibility index (Phi) is 3.51. The van der Waals surface area contributed by atoms with Gasteiger partial charge in [-0.1, -0.05) is 4.49 Å². The summed E-state index contributed by atoms with van der Waals surface area (Å²) in [6.07, 6.45) is 0. The number of amides is 2. The molecule has 1 heterocycles. The number of aromatic nitrogens is 2. The Hall–Kier alpha value is -2.15. The van der Waals surface area contributed by atoms with Crippen LogP contribution in [-0.2, 0) is 6.54 Å². The van der Waals surface area contributed by atoms with Crippen molar-refractivity contribution >= 4 is 28.9 Å². The molecular weight excluding hydrogens is 238 g/mol. The van der Waals surface area contributed by atoms with Crippen molar-refractivity contribution in [3.05, 3.63) is 35.3 Å². The van der Waals surface area contributed by atoms with Gasteiger partial charge in [0.1, 0.15) is 0 Å². The summed E-state index contributed by atoms with van der Waals surface area (Å²) in [7, 11) is 0. The summed E-state index contributed by atoms with van der Waals surface area (Å²) in [6, 6.07) is 6.67. The van der Waals surface area contributed by atoms with Crippen LogP contribution in [0, 0.1) is 0 Å². The number of urea groups is 1. The van der Waals surface area contributed by atoms with Crippen LogP contribution in [0.3, 0.4) is 0 Å². The fourth-order valence-corrected chi connectivity index (χ4v) is 1.72. The molecule has 0 saturated carbocycles. The number of anilines is 2. The molecule has 6 nitrogen and oxygen atoms in total. The van der Waals surface area contributed by atoms with Gasteiger partial charge < -0.3 is 16.4 Å². The highest BCUT2D eigenvalue weighted by Crippen LogP contribution is 2.14. The minimum atomic E-state index is -0.570. The molecule has 0 unspecified atom stereocenters. The first kappa shape index (κ1) is 11.3. The Morgan fingerprint density at radius 3 is 2.59 bits per heavy atom. The van der Waals surface area contributed by atoms with Gasteiger partial charge in [0.2, 0.25) is 0 Å². The number of benzene rings is 1. The van der Waals surface area contributed by atoms with E-state index in [9.17, 15) is 4.79 Å². The van der Waals surface area contributed by atoms with Crippen molar-refractivity contribution < 1.29 is 4.79 Å². The lowest BCUT2D eigenvalue weighted by Gasteiger charge is -2.06. The van der Waals surface area contributed by atoms with E-state index >= 15 is 0 Å². The van der Waals surface area contributed by atoms with Crippen LogP contribution in [0.4, 0.5) is 16.2 Å². The number of nitrogens with one attached hydrogen (secondary N) is 2. The van der Waals surface area contributed by atoms with Gasteiger partial charge in [0, 0.05) is 16.8 Å². The van der Waals surface area contributed by atoms with Crippen molar-refractivity contribution in [1.29, 1.82) is 0 Å². The number of carbonyl (C=O) groups excluding carboxylic acids is 1. The Labute approximate surface area is 102 Å². The maximum atomic E-state index is 10.6. The van der Waals surface area contributed by atoms with Gasteiger partial charge in [-0.3, -0.25) is 0 Å². The fraction of sp³-hybridized carbons (Fsp3) is 0.100. The van der Waals surface area contributed by atoms with Crippen molar-refractivity contribution in [2.75, 3.05) is 10.6 Å². The second-order valence-electron chi connectivity index (χ2n) is 3.32. The highest BCUT2D eigenvalue weighted by molar-refractivity contribution is 7.03. The lowest BCUT2D eigenvalue weighted by Crippen LogP contribution is -2.19. The molecule has 0 fully saturated rings. The van der Waals surface area contributed by atoms with E-state index in [2.05, 4.69) is 20.2 Å². The average molecular weight is 249 g/mol. The number of hydrogen-bond acceptors (Lipinski definition) is 5. The Balaban J connectivity index is 1.91. The molecule has 4 N–H and O–H groups in total. The summed E-state index contributed by atoms with van der Waals surface area (Å²) in [4.78, 5) is 10.6. The number of carbonyl (C=O) groups is 1. The SMILES string of the molecule is NC(=O)Nc1ccc(NCc2csnn2)cc1. The maximum absolute atomic E-state index is 10.6. The van der Waals surface area contributed by atoms with Crippen LogP contribution in [0.2, 0.25) is 0 Å². The number of rotatable bonds is 4. The van der Waals surface area contributed by atoms with E-state index in [1.54, 1.807) is 12.1 Å². The molecule has 0 aliphatic heterocycles. The minimum absolute atomic E-state index is 0.570. The molecule has 1 aromatic heterocycles. The normalized spacial score (nSPS) is 9.88. The first-order valence-corrected chi connectivity index (χ1v) is 5.74. The third-order valence-electron chi connectivity index (χ3n) is 2.03. The zero-order chi connectivity index (χ0) is 12.1. The first-order chi connectivity index (χ1) is 8.24. The molecular formula is C10H11N5OS. The van der Waals surface area contributed by atoms with Crippen LogP contribution < -0.4 is 16.4 Å². The zero-order valence-electron chi connectivity index (χ0n) is 8.88. The Morgan fingerprint density at radius 1 is 1.29 bits per heavy atom. The summed E-state index contributed by atoms with van der Waals surface area (Å²) >= 11 is 1.32. The second kappa shape index (κ2) is 5.26. The number of nitrogens with two attached hydrogens (primary N) is 1. The molecule has 2 amide bonds. The maximum Gasteiger partial charge on any atom is 0.316 e. The third kappa shape index (κ3) is 3.42. The van der Waals surface area contributed by atoms with Gasteiger partial charge in [-0.2, -0.15) is 0 Å². The molecule has 2 rings (SSSR count). The lowest BCUT2D eigenvalue weighted by molar-refractivity contribution is 0.259. The van der Waals surface area contributed by atoms with Gasteiger partial charge in [0.25, 0.3) is 0 Å². The van der Waals surface area contributed by atoms with Gasteiger partial charge in [0.05, 0.1) is 12.2 Å². The molecule has 0 saturated heterocycles. The van der Waals surface area contributed by atoms with Gasteiger partial charge in [-0.15, -0.1) is 5.10 Å². The van der Waals surface area contributed by atoms with Crippen LogP contribution in [0.25, 0.3) is 0 Å². The molecule has 88 valence electrons. The average Bonchev–Trinajstić information content (AvgIpc) is 2.80. The van der Waals surface area contributed by atoms with Gasteiger partial charge in [-0.25, -0.2) is 4.79 Å². The quantitative estimate of drug-likeness (QED) is 0.768. The third-order valence-corrected chi connectivity index (χ3v) is 2.58. The van der Waals surface area contributed by atoms with E-state index in [0.717, 1.165) is 11.4 Å². The van der Waals surface area contributed by atoms with Crippen molar-refractivity contribution in [3.63, 3.8) is 0 Å². The summed E-state index contributed by atoms with van der Waals surface area (Å²) in [6.45, 7) is 0.624. The van der Waals surface area contributed by atoms with Gasteiger partial charge in [-0.05, 0) is 35.8 Å². The van der Waals surface area contributed by atoms with E-state index in [1.165, 1.54) is 11.5 Å². The minimum Gasteiger partial charge on any atom is -0.379 e. The molecule has 7 heteroatoms. The van der Waals surface area contributed by atoms with Crippen LogP contribution in [-0.4, -0.2) is 15.6 Å². The van der Waals surface area contributed by atoms with E-state index in [1.807, 2.05) is 17.5 Å².